The van der Waals surface area contributed by atoms with Gasteiger partial charge in [-0.25, -0.2) is 0 Å². The maximum absolute atomic E-state index is 5.14. The van der Waals surface area contributed by atoms with Gasteiger partial charge in [0.05, 0.1) is 7.11 Å². The topological polar surface area (TPSA) is 45.7 Å². The molecule has 1 aromatic rings. The average Bonchev–Trinajstić information content (AvgIpc) is 2.50. The summed E-state index contributed by atoms with van der Waals surface area (Å²) in [5.74, 6) is 1.74. The zero-order chi connectivity index (χ0) is 14.6. The van der Waals surface area contributed by atoms with Crippen molar-refractivity contribution >= 4 is 29.9 Å². The molecule has 0 unspecified atom stereocenters. The van der Waals surface area contributed by atoms with Crippen molar-refractivity contribution in [2.75, 3.05) is 20.7 Å². The lowest BCUT2D eigenvalue weighted by Gasteiger charge is -2.12. The van der Waals surface area contributed by atoms with Gasteiger partial charge in [0.15, 0.2) is 5.96 Å². The van der Waals surface area contributed by atoms with E-state index in [1.807, 2.05) is 12.1 Å². The van der Waals surface area contributed by atoms with Crippen LogP contribution in [0.2, 0.25) is 0 Å². The molecule has 0 aromatic heterocycles. The number of rotatable bonds is 8. The van der Waals surface area contributed by atoms with Crippen molar-refractivity contribution < 1.29 is 4.74 Å². The summed E-state index contributed by atoms with van der Waals surface area (Å²) >= 11 is 0. The van der Waals surface area contributed by atoms with Crippen LogP contribution in [-0.4, -0.2) is 26.7 Å². The standard InChI is InChI=1S/C16H27N3O.HI/c1-4-5-6-7-12-18-16(17-2)19-13-14-8-10-15(20-3)11-9-14;/h8-11H,4-7,12-13H2,1-3H3,(H2,17,18,19);1H. The van der Waals surface area contributed by atoms with Crippen LogP contribution in [0.5, 0.6) is 5.75 Å². The van der Waals surface area contributed by atoms with Crippen molar-refractivity contribution in [1.82, 2.24) is 10.6 Å². The predicted octanol–water partition coefficient (Wildman–Crippen LogP) is 3.56. The maximum Gasteiger partial charge on any atom is 0.191 e. The Balaban J connectivity index is 0.00000400. The number of aliphatic imine (C=N–C) groups is 1. The predicted molar refractivity (Wildman–Crippen MR) is 101 cm³/mol. The quantitative estimate of drug-likeness (QED) is 0.301. The van der Waals surface area contributed by atoms with E-state index in [2.05, 4.69) is 34.7 Å². The molecule has 0 saturated heterocycles. The molecule has 0 saturated carbocycles. The van der Waals surface area contributed by atoms with Gasteiger partial charge in [0.1, 0.15) is 5.75 Å². The van der Waals surface area contributed by atoms with Crippen molar-refractivity contribution in [3.8, 4) is 5.75 Å². The first-order chi connectivity index (χ1) is 9.80. The van der Waals surface area contributed by atoms with E-state index in [4.69, 9.17) is 4.74 Å². The molecule has 4 nitrogen and oxygen atoms in total. The molecule has 0 fully saturated rings. The van der Waals surface area contributed by atoms with Gasteiger partial charge >= 0.3 is 0 Å². The first-order valence-corrected chi connectivity index (χ1v) is 7.37. The van der Waals surface area contributed by atoms with Gasteiger partial charge in [-0.05, 0) is 24.1 Å². The van der Waals surface area contributed by atoms with Crippen LogP contribution in [0.3, 0.4) is 0 Å². The molecule has 1 aromatic carbocycles. The molecule has 0 amide bonds. The van der Waals surface area contributed by atoms with E-state index in [9.17, 15) is 0 Å². The molecule has 0 radical (unpaired) electrons. The fourth-order valence-corrected chi connectivity index (χ4v) is 1.91. The van der Waals surface area contributed by atoms with Crippen LogP contribution in [0.4, 0.5) is 0 Å². The van der Waals surface area contributed by atoms with E-state index >= 15 is 0 Å². The molecule has 0 heterocycles. The van der Waals surface area contributed by atoms with Crippen molar-refractivity contribution in [3.63, 3.8) is 0 Å². The van der Waals surface area contributed by atoms with E-state index in [1.165, 1.54) is 31.2 Å². The highest BCUT2D eigenvalue weighted by Gasteiger charge is 1.98. The SMILES string of the molecule is CCCCCCNC(=NC)NCc1ccc(OC)cc1.I. The Hall–Kier alpha value is -0.980. The molecule has 2 N–H and O–H groups in total. The summed E-state index contributed by atoms with van der Waals surface area (Å²) in [6.07, 6.45) is 5.04. The Bertz CT molecular complexity index is 393. The van der Waals surface area contributed by atoms with Crippen molar-refractivity contribution in [1.29, 1.82) is 0 Å². The van der Waals surface area contributed by atoms with E-state index in [-0.39, 0.29) is 24.0 Å². The van der Waals surface area contributed by atoms with Crippen LogP contribution < -0.4 is 15.4 Å². The smallest absolute Gasteiger partial charge is 0.191 e. The average molecular weight is 405 g/mol. The second-order valence-electron chi connectivity index (χ2n) is 4.76. The maximum atomic E-state index is 5.14. The summed E-state index contributed by atoms with van der Waals surface area (Å²) in [4.78, 5) is 4.22. The summed E-state index contributed by atoms with van der Waals surface area (Å²) < 4.78 is 5.14. The van der Waals surface area contributed by atoms with Crippen molar-refractivity contribution in [2.45, 2.75) is 39.2 Å². The van der Waals surface area contributed by atoms with E-state index in [0.717, 1.165) is 24.8 Å². The lowest BCUT2D eigenvalue weighted by atomic mass is 10.2. The minimum atomic E-state index is 0. The van der Waals surface area contributed by atoms with E-state index in [0.29, 0.717) is 0 Å². The lowest BCUT2D eigenvalue weighted by Crippen LogP contribution is -2.37. The molecule has 0 spiro atoms. The van der Waals surface area contributed by atoms with Crippen LogP contribution in [0, 0.1) is 0 Å². The van der Waals surface area contributed by atoms with Gasteiger partial charge in [-0.3, -0.25) is 4.99 Å². The van der Waals surface area contributed by atoms with Gasteiger partial charge in [-0.2, -0.15) is 0 Å². The number of methoxy groups -OCH3 is 1. The number of halogens is 1. The number of nitrogens with zero attached hydrogens (tertiary/aromatic N) is 1. The van der Waals surface area contributed by atoms with Gasteiger partial charge in [0, 0.05) is 20.1 Å². The highest BCUT2D eigenvalue weighted by atomic mass is 127. The molecular weight excluding hydrogens is 377 g/mol. The van der Waals surface area contributed by atoms with Crippen LogP contribution in [-0.2, 0) is 6.54 Å². The van der Waals surface area contributed by atoms with Crippen LogP contribution >= 0.6 is 24.0 Å². The van der Waals surface area contributed by atoms with E-state index < -0.39 is 0 Å². The number of benzene rings is 1. The highest BCUT2D eigenvalue weighted by Crippen LogP contribution is 2.10. The van der Waals surface area contributed by atoms with E-state index in [1.54, 1.807) is 14.2 Å². The zero-order valence-electron chi connectivity index (χ0n) is 13.3. The summed E-state index contributed by atoms with van der Waals surface area (Å²) in [6, 6.07) is 8.05. The van der Waals surface area contributed by atoms with Gasteiger partial charge in [0.25, 0.3) is 0 Å². The molecule has 0 aliphatic heterocycles. The second kappa shape index (κ2) is 12.7. The Morgan fingerprint density at radius 1 is 1.10 bits per heavy atom. The number of guanidine groups is 1. The van der Waals surface area contributed by atoms with Gasteiger partial charge < -0.3 is 15.4 Å². The molecule has 120 valence electrons. The van der Waals surface area contributed by atoms with Crippen molar-refractivity contribution in [2.24, 2.45) is 4.99 Å². The van der Waals surface area contributed by atoms with Crippen LogP contribution in [0.25, 0.3) is 0 Å². The molecule has 21 heavy (non-hydrogen) atoms. The Morgan fingerprint density at radius 3 is 2.38 bits per heavy atom. The highest BCUT2D eigenvalue weighted by molar-refractivity contribution is 14.0. The van der Waals surface area contributed by atoms with Gasteiger partial charge in [-0.15, -0.1) is 24.0 Å². The third kappa shape index (κ3) is 8.80. The number of nitrogens with one attached hydrogen (secondary N) is 2. The molecule has 0 bridgehead atoms. The molecule has 0 aliphatic rings. The molecule has 0 aliphatic carbocycles. The first-order valence-electron chi connectivity index (χ1n) is 7.37. The largest absolute Gasteiger partial charge is 0.497 e. The minimum Gasteiger partial charge on any atom is -0.497 e. The Labute approximate surface area is 145 Å². The first kappa shape index (κ1) is 20.0. The number of ether oxygens (including phenoxy) is 1. The lowest BCUT2D eigenvalue weighted by molar-refractivity contribution is 0.414. The van der Waals surface area contributed by atoms with Crippen molar-refractivity contribution in [3.05, 3.63) is 29.8 Å². The van der Waals surface area contributed by atoms with Crippen LogP contribution in [0.15, 0.2) is 29.3 Å². The summed E-state index contributed by atoms with van der Waals surface area (Å²) in [5.41, 5.74) is 1.21. The third-order valence-corrected chi connectivity index (χ3v) is 3.17. The van der Waals surface area contributed by atoms with Gasteiger partial charge in [0.2, 0.25) is 0 Å². The monoisotopic (exact) mass is 405 g/mol. The fraction of sp³-hybridized carbons (Fsp3) is 0.562. The molecule has 5 heteroatoms. The molecule has 0 atom stereocenters. The number of hydrogen-bond donors (Lipinski definition) is 2. The third-order valence-electron chi connectivity index (χ3n) is 3.17. The number of hydrogen-bond acceptors (Lipinski definition) is 2. The molecule has 1 rings (SSSR count). The Morgan fingerprint density at radius 2 is 1.81 bits per heavy atom. The fourth-order valence-electron chi connectivity index (χ4n) is 1.91. The van der Waals surface area contributed by atoms with Gasteiger partial charge in [-0.1, -0.05) is 38.3 Å². The normalized spacial score (nSPS) is 10.7. The second-order valence-corrected chi connectivity index (χ2v) is 4.76. The summed E-state index contributed by atoms with van der Waals surface area (Å²) in [7, 11) is 3.48. The zero-order valence-corrected chi connectivity index (χ0v) is 15.6. The van der Waals surface area contributed by atoms with Crippen LogP contribution in [0.1, 0.15) is 38.2 Å². The molecular formula is C16H28IN3O. The minimum absolute atomic E-state index is 0. The summed E-state index contributed by atoms with van der Waals surface area (Å²) in [5, 5.41) is 6.65. The Kier molecular flexibility index (Phi) is 12.1. The summed E-state index contributed by atoms with van der Waals surface area (Å²) in [6.45, 7) is 3.96. The number of unbranched alkanes of at least 4 members (excludes halogenated alkanes) is 3.